The fraction of sp³-hybridized carbons (Fsp3) is 0.286. The Bertz CT molecular complexity index is 954. The van der Waals surface area contributed by atoms with Gasteiger partial charge in [0.15, 0.2) is 11.9 Å². The largest absolute Gasteiger partial charge is 0.496 e. The number of hydrogen-bond donors (Lipinski definition) is 1. The summed E-state index contributed by atoms with van der Waals surface area (Å²) in [6, 6.07) is 10.9. The van der Waals surface area contributed by atoms with E-state index in [4.69, 9.17) is 9.47 Å². The Morgan fingerprint density at radius 1 is 1.10 bits per heavy atom. The highest BCUT2D eigenvalue weighted by Gasteiger charge is 2.23. The molecule has 1 N–H and O–H groups in total. The number of nitrogens with one attached hydrogen (secondary N) is 1. The number of methoxy groups -OCH3 is 1. The number of ketones is 1. The van der Waals surface area contributed by atoms with E-state index >= 15 is 0 Å². The van der Waals surface area contributed by atoms with Gasteiger partial charge in [0.1, 0.15) is 11.4 Å². The molecule has 158 valence electrons. The van der Waals surface area contributed by atoms with E-state index in [1.807, 2.05) is 6.92 Å². The molecule has 0 fully saturated rings. The first-order chi connectivity index (χ1) is 14.2. The lowest BCUT2D eigenvalue weighted by Gasteiger charge is -2.14. The van der Waals surface area contributed by atoms with Gasteiger partial charge in [0.05, 0.1) is 24.5 Å². The summed E-state index contributed by atoms with van der Waals surface area (Å²) in [6.45, 7) is 3.24. The number of Topliss-reactive ketones (excluding diaryl/α,β-unsaturated/α-hetero) is 1. The number of carbonyl (C=O) groups excluding carboxylic acids is 3. The summed E-state index contributed by atoms with van der Waals surface area (Å²) in [5.41, 5.74) is 1.10. The van der Waals surface area contributed by atoms with Crippen LogP contribution < -0.4 is 10.1 Å². The van der Waals surface area contributed by atoms with Crippen molar-refractivity contribution in [2.24, 2.45) is 0 Å². The Morgan fingerprint density at radius 3 is 2.37 bits per heavy atom. The summed E-state index contributed by atoms with van der Waals surface area (Å²) in [6.07, 6.45) is -1.44. The van der Waals surface area contributed by atoms with Crippen molar-refractivity contribution in [1.29, 1.82) is 0 Å². The molecule has 2 rings (SSSR count). The maximum Gasteiger partial charge on any atom is 0.307 e. The molecule has 0 aromatic heterocycles. The lowest BCUT2D eigenvalue weighted by Crippen LogP contribution is -2.30. The van der Waals surface area contributed by atoms with E-state index in [1.54, 1.807) is 24.3 Å². The van der Waals surface area contributed by atoms with Crippen molar-refractivity contribution >= 4 is 29.0 Å². The van der Waals surface area contributed by atoms with Crippen molar-refractivity contribution in [1.82, 2.24) is 0 Å². The fourth-order valence-electron chi connectivity index (χ4n) is 2.54. The molecule has 0 aliphatic carbocycles. The zero-order chi connectivity index (χ0) is 22.3. The molecule has 0 saturated carbocycles. The molecule has 0 spiro atoms. The summed E-state index contributed by atoms with van der Waals surface area (Å²) in [7, 11) is 1.36. The van der Waals surface area contributed by atoms with Crippen LogP contribution in [0.3, 0.4) is 0 Å². The van der Waals surface area contributed by atoms with Gasteiger partial charge in [-0.25, -0.2) is 0 Å². The van der Waals surface area contributed by atoms with Crippen LogP contribution in [0.5, 0.6) is 5.75 Å². The molecule has 2 aromatic rings. The van der Waals surface area contributed by atoms with Crippen molar-refractivity contribution in [2.45, 2.75) is 32.8 Å². The maximum atomic E-state index is 12.3. The van der Waals surface area contributed by atoms with Crippen molar-refractivity contribution < 1.29 is 28.8 Å². The number of anilines is 1. The van der Waals surface area contributed by atoms with Crippen LogP contribution in [0.15, 0.2) is 42.5 Å². The van der Waals surface area contributed by atoms with E-state index in [1.165, 1.54) is 32.2 Å². The Morgan fingerprint density at radius 2 is 1.77 bits per heavy atom. The summed E-state index contributed by atoms with van der Waals surface area (Å²) < 4.78 is 9.97. The van der Waals surface area contributed by atoms with Crippen molar-refractivity contribution in [3.05, 3.63) is 63.7 Å². The molecule has 2 aromatic carbocycles. The molecule has 9 heteroatoms. The summed E-state index contributed by atoms with van der Waals surface area (Å²) >= 11 is 0. The van der Waals surface area contributed by atoms with Gasteiger partial charge in [0, 0.05) is 12.0 Å². The average molecular weight is 414 g/mol. The number of nitro benzene ring substituents is 1. The van der Waals surface area contributed by atoms with Crippen molar-refractivity contribution in [2.75, 3.05) is 12.4 Å². The van der Waals surface area contributed by atoms with E-state index in [2.05, 4.69) is 5.32 Å². The highest BCUT2D eigenvalue weighted by atomic mass is 16.6. The van der Waals surface area contributed by atoms with Crippen LogP contribution in [-0.4, -0.2) is 35.8 Å². The minimum absolute atomic E-state index is 0.0525. The van der Waals surface area contributed by atoms with Crippen LogP contribution in [0.2, 0.25) is 0 Å². The first kappa shape index (κ1) is 22.5. The van der Waals surface area contributed by atoms with Gasteiger partial charge in [-0.15, -0.1) is 0 Å². The van der Waals surface area contributed by atoms with Crippen LogP contribution in [0, 0.1) is 17.0 Å². The smallest absolute Gasteiger partial charge is 0.307 e. The Balaban J connectivity index is 1.91. The van der Waals surface area contributed by atoms with Gasteiger partial charge >= 0.3 is 5.97 Å². The molecule has 1 atom stereocenters. The Kier molecular flexibility index (Phi) is 7.62. The summed E-state index contributed by atoms with van der Waals surface area (Å²) in [5, 5.41) is 13.5. The number of esters is 1. The summed E-state index contributed by atoms with van der Waals surface area (Å²) in [4.78, 5) is 46.9. The number of aryl methyl sites for hydroxylation is 1. The third-order valence-corrected chi connectivity index (χ3v) is 4.27. The third kappa shape index (κ3) is 6.13. The summed E-state index contributed by atoms with van der Waals surface area (Å²) in [5.74, 6) is -1.40. The van der Waals surface area contributed by atoms with E-state index in [0.29, 0.717) is 5.56 Å². The molecule has 0 aliphatic heterocycles. The third-order valence-electron chi connectivity index (χ3n) is 4.27. The second-order valence-electron chi connectivity index (χ2n) is 6.55. The van der Waals surface area contributed by atoms with Crippen LogP contribution >= 0.6 is 0 Å². The van der Waals surface area contributed by atoms with E-state index in [-0.39, 0.29) is 35.7 Å². The van der Waals surface area contributed by atoms with E-state index < -0.39 is 22.9 Å². The number of nitro groups is 1. The lowest BCUT2D eigenvalue weighted by molar-refractivity contribution is -0.384. The molecule has 0 unspecified atom stereocenters. The van der Waals surface area contributed by atoms with Gasteiger partial charge in [0.25, 0.3) is 11.6 Å². The first-order valence-electron chi connectivity index (χ1n) is 9.14. The van der Waals surface area contributed by atoms with Crippen LogP contribution in [0.4, 0.5) is 11.4 Å². The topological polar surface area (TPSA) is 125 Å². The highest BCUT2D eigenvalue weighted by molar-refractivity contribution is 5.99. The Labute approximate surface area is 173 Å². The van der Waals surface area contributed by atoms with E-state index in [9.17, 15) is 24.5 Å². The van der Waals surface area contributed by atoms with Crippen LogP contribution in [0.25, 0.3) is 0 Å². The monoisotopic (exact) mass is 414 g/mol. The number of carbonyl (C=O) groups is 3. The van der Waals surface area contributed by atoms with Gasteiger partial charge < -0.3 is 14.8 Å². The number of ether oxygens (including phenoxy) is 2. The van der Waals surface area contributed by atoms with Crippen molar-refractivity contribution in [3.63, 3.8) is 0 Å². The molecule has 0 radical (unpaired) electrons. The van der Waals surface area contributed by atoms with Crippen LogP contribution in [-0.2, 0) is 14.3 Å². The number of benzene rings is 2. The first-order valence-corrected chi connectivity index (χ1v) is 9.14. The molecular formula is C21H22N2O7. The van der Waals surface area contributed by atoms with Gasteiger partial charge in [-0.1, -0.05) is 29.8 Å². The standard InChI is InChI=1S/C21H22N2O7/c1-13-4-6-15(7-5-13)19(24)10-11-20(25)30-14(2)21(26)22-17-9-8-16(29-3)12-18(17)23(27)28/h4-9,12,14H,10-11H2,1-3H3,(H,22,26)/t14-/m1/s1. The number of nitrogens with zero attached hydrogens (tertiary/aromatic N) is 1. The molecule has 0 saturated heterocycles. The number of hydrogen-bond acceptors (Lipinski definition) is 7. The van der Waals surface area contributed by atoms with Crippen LogP contribution in [0.1, 0.15) is 35.7 Å². The zero-order valence-electron chi connectivity index (χ0n) is 16.8. The number of rotatable bonds is 9. The SMILES string of the molecule is COc1ccc(NC(=O)[C@@H](C)OC(=O)CCC(=O)c2ccc(C)cc2)c([N+](=O)[O-])c1. The average Bonchev–Trinajstić information content (AvgIpc) is 2.72. The normalized spacial score (nSPS) is 11.3. The minimum Gasteiger partial charge on any atom is -0.496 e. The lowest BCUT2D eigenvalue weighted by atomic mass is 10.1. The second-order valence-corrected chi connectivity index (χ2v) is 6.55. The van der Waals surface area contributed by atoms with E-state index in [0.717, 1.165) is 5.56 Å². The molecule has 1 amide bonds. The fourth-order valence-corrected chi connectivity index (χ4v) is 2.54. The van der Waals surface area contributed by atoms with Gasteiger partial charge in [0.2, 0.25) is 0 Å². The molecule has 9 nitrogen and oxygen atoms in total. The molecule has 0 bridgehead atoms. The maximum absolute atomic E-state index is 12.3. The molecule has 0 heterocycles. The number of amides is 1. The zero-order valence-corrected chi connectivity index (χ0v) is 16.8. The van der Waals surface area contributed by atoms with Crippen molar-refractivity contribution in [3.8, 4) is 5.75 Å². The predicted molar refractivity (Wildman–Crippen MR) is 109 cm³/mol. The Hall–Kier alpha value is -3.75. The van der Waals surface area contributed by atoms with Gasteiger partial charge in [-0.2, -0.15) is 0 Å². The molecular weight excluding hydrogens is 392 g/mol. The quantitative estimate of drug-likeness (QED) is 0.288. The predicted octanol–water partition coefficient (Wildman–Crippen LogP) is 3.45. The molecule has 0 aliphatic rings. The van der Waals surface area contributed by atoms with Gasteiger partial charge in [-0.3, -0.25) is 24.5 Å². The molecule has 30 heavy (non-hydrogen) atoms. The highest BCUT2D eigenvalue weighted by Crippen LogP contribution is 2.29. The van der Waals surface area contributed by atoms with Gasteiger partial charge in [-0.05, 0) is 26.0 Å². The second kappa shape index (κ2) is 10.1. The minimum atomic E-state index is -1.20.